The zero-order valence-corrected chi connectivity index (χ0v) is 9.08. The molecular weight excluding hydrogens is 220 g/mol. The topological polar surface area (TPSA) is 92.7 Å². The van der Waals surface area contributed by atoms with Gasteiger partial charge in [0.1, 0.15) is 5.69 Å². The summed E-state index contributed by atoms with van der Waals surface area (Å²) in [4.78, 5) is 19.5. The van der Waals surface area contributed by atoms with Crippen LogP contribution in [-0.2, 0) is 0 Å². The first kappa shape index (κ1) is 10.9. The van der Waals surface area contributed by atoms with E-state index in [-0.39, 0.29) is 17.5 Å². The summed E-state index contributed by atoms with van der Waals surface area (Å²) < 4.78 is 0. The summed E-state index contributed by atoms with van der Waals surface area (Å²) in [6.07, 6.45) is 4.44. The van der Waals surface area contributed by atoms with Gasteiger partial charge in [0.25, 0.3) is 5.91 Å². The standard InChI is InChI=1S/C10H10N6O/c1-11-7-2-3-8(13-6-7)9(17)15-10-12-4-5-14-16-10/h2-6,11H,1H3,(H,12,15,16,17). The van der Waals surface area contributed by atoms with Crippen LogP contribution < -0.4 is 10.6 Å². The van der Waals surface area contributed by atoms with E-state index in [1.165, 1.54) is 12.4 Å². The van der Waals surface area contributed by atoms with Gasteiger partial charge in [0.15, 0.2) is 0 Å². The number of nitrogens with one attached hydrogen (secondary N) is 2. The summed E-state index contributed by atoms with van der Waals surface area (Å²) in [5.41, 5.74) is 1.12. The van der Waals surface area contributed by atoms with E-state index >= 15 is 0 Å². The van der Waals surface area contributed by atoms with E-state index in [4.69, 9.17) is 0 Å². The predicted octanol–water partition coefficient (Wildman–Crippen LogP) is 0.561. The highest BCUT2D eigenvalue weighted by atomic mass is 16.2. The number of pyridine rings is 1. The van der Waals surface area contributed by atoms with Crippen LogP contribution in [0.5, 0.6) is 0 Å². The van der Waals surface area contributed by atoms with E-state index in [9.17, 15) is 4.79 Å². The number of hydrogen-bond acceptors (Lipinski definition) is 6. The normalized spacial score (nSPS) is 9.71. The molecule has 0 radical (unpaired) electrons. The second kappa shape index (κ2) is 4.97. The Bertz CT molecular complexity index is 498. The Labute approximate surface area is 97.3 Å². The van der Waals surface area contributed by atoms with Crippen LogP contribution in [-0.4, -0.2) is 33.1 Å². The van der Waals surface area contributed by atoms with Crippen LogP contribution in [0.3, 0.4) is 0 Å². The zero-order valence-electron chi connectivity index (χ0n) is 9.08. The maximum atomic E-state index is 11.7. The van der Waals surface area contributed by atoms with Crippen LogP contribution in [0.25, 0.3) is 0 Å². The van der Waals surface area contributed by atoms with Crippen LogP contribution in [0.1, 0.15) is 10.5 Å². The van der Waals surface area contributed by atoms with Gasteiger partial charge in [-0.3, -0.25) is 10.1 Å². The number of aromatic nitrogens is 4. The molecule has 0 aliphatic rings. The number of nitrogens with zero attached hydrogens (tertiary/aromatic N) is 4. The van der Waals surface area contributed by atoms with Crippen molar-refractivity contribution < 1.29 is 4.79 Å². The summed E-state index contributed by atoms with van der Waals surface area (Å²) in [7, 11) is 1.78. The van der Waals surface area contributed by atoms with Gasteiger partial charge in [-0.05, 0) is 12.1 Å². The van der Waals surface area contributed by atoms with Crippen LogP contribution >= 0.6 is 0 Å². The van der Waals surface area contributed by atoms with Crippen molar-refractivity contribution in [2.75, 3.05) is 17.7 Å². The Morgan fingerprint density at radius 1 is 1.24 bits per heavy atom. The minimum absolute atomic E-state index is 0.150. The molecule has 0 aromatic carbocycles. The molecule has 0 spiro atoms. The van der Waals surface area contributed by atoms with Gasteiger partial charge in [0.05, 0.1) is 24.3 Å². The fourth-order valence-corrected chi connectivity index (χ4v) is 1.15. The number of rotatable bonds is 3. The molecule has 2 aromatic rings. The zero-order chi connectivity index (χ0) is 12.1. The first-order valence-corrected chi connectivity index (χ1v) is 4.88. The summed E-state index contributed by atoms with van der Waals surface area (Å²) in [6.45, 7) is 0. The van der Waals surface area contributed by atoms with E-state index in [1.807, 2.05) is 0 Å². The summed E-state index contributed by atoms with van der Waals surface area (Å²) in [5.74, 6) is -0.224. The first-order valence-electron chi connectivity index (χ1n) is 4.88. The van der Waals surface area contributed by atoms with E-state index in [2.05, 4.69) is 30.8 Å². The third-order valence-corrected chi connectivity index (χ3v) is 1.99. The summed E-state index contributed by atoms with van der Waals surface area (Å²) >= 11 is 0. The Balaban J connectivity index is 2.09. The number of carbonyl (C=O) groups excluding carboxylic acids is 1. The highest BCUT2D eigenvalue weighted by molar-refractivity contribution is 6.01. The summed E-state index contributed by atoms with van der Waals surface area (Å²) in [6, 6.07) is 3.36. The molecule has 0 saturated carbocycles. The summed E-state index contributed by atoms with van der Waals surface area (Å²) in [5, 5.41) is 12.6. The molecule has 0 atom stereocenters. The van der Waals surface area contributed by atoms with Gasteiger partial charge in [-0.2, -0.15) is 5.10 Å². The average Bonchev–Trinajstić information content (AvgIpc) is 2.40. The van der Waals surface area contributed by atoms with Gasteiger partial charge in [0.2, 0.25) is 5.95 Å². The molecule has 17 heavy (non-hydrogen) atoms. The molecule has 2 heterocycles. The van der Waals surface area contributed by atoms with Crippen molar-refractivity contribution in [1.82, 2.24) is 20.2 Å². The van der Waals surface area contributed by atoms with Crippen LogP contribution in [0.15, 0.2) is 30.7 Å². The second-order valence-corrected chi connectivity index (χ2v) is 3.10. The lowest BCUT2D eigenvalue weighted by atomic mass is 10.3. The molecule has 7 heteroatoms. The largest absolute Gasteiger partial charge is 0.387 e. The minimum atomic E-state index is -0.374. The molecule has 0 fully saturated rings. The number of amides is 1. The van der Waals surface area contributed by atoms with Crippen LogP contribution in [0, 0.1) is 0 Å². The molecule has 1 amide bonds. The third-order valence-electron chi connectivity index (χ3n) is 1.99. The maximum Gasteiger partial charge on any atom is 0.276 e. The molecule has 0 unspecified atom stereocenters. The van der Waals surface area contributed by atoms with Gasteiger partial charge in [0, 0.05) is 7.05 Å². The first-order chi connectivity index (χ1) is 8.29. The Morgan fingerprint density at radius 3 is 2.71 bits per heavy atom. The van der Waals surface area contributed by atoms with E-state index in [1.54, 1.807) is 25.4 Å². The SMILES string of the molecule is CNc1ccc(C(=O)Nc2nccnn2)nc1. The molecule has 0 bridgehead atoms. The smallest absolute Gasteiger partial charge is 0.276 e. The van der Waals surface area contributed by atoms with Crippen LogP contribution in [0.2, 0.25) is 0 Å². The molecular formula is C10H10N6O. The van der Waals surface area contributed by atoms with Gasteiger partial charge >= 0.3 is 0 Å². The second-order valence-electron chi connectivity index (χ2n) is 3.10. The molecule has 2 N–H and O–H groups in total. The van der Waals surface area contributed by atoms with Crippen LogP contribution in [0.4, 0.5) is 11.6 Å². The number of carbonyl (C=O) groups is 1. The molecule has 0 saturated heterocycles. The lowest BCUT2D eigenvalue weighted by Crippen LogP contribution is -2.15. The molecule has 0 aliphatic heterocycles. The Kier molecular flexibility index (Phi) is 3.20. The molecule has 86 valence electrons. The van der Waals surface area contributed by atoms with Gasteiger partial charge in [-0.1, -0.05) is 0 Å². The Morgan fingerprint density at radius 2 is 2.12 bits per heavy atom. The predicted molar refractivity (Wildman–Crippen MR) is 61.6 cm³/mol. The van der Waals surface area contributed by atoms with Crippen molar-refractivity contribution in [3.05, 3.63) is 36.4 Å². The Hall–Kier alpha value is -2.57. The van der Waals surface area contributed by atoms with E-state index in [0.717, 1.165) is 5.69 Å². The lowest BCUT2D eigenvalue weighted by molar-refractivity contribution is 0.102. The number of anilines is 2. The van der Waals surface area contributed by atoms with E-state index < -0.39 is 0 Å². The van der Waals surface area contributed by atoms with Crippen molar-refractivity contribution in [1.29, 1.82) is 0 Å². The quantitative estimate of drug-likeness (QED) is 0.800. The maximum absolute atomic E-state index is 11.7. The highest BCUT2D eigenvalue weighted by Crippen LogP contribution is 2.06. The number of hydrogen-bond donors (Lipinski definition) is 2. The fourth-order valence-electron chi connectivity index (χ4n) is 1.15. The average molecular weight is 230 g/mol. The van der Waals surface area contributed by atoms with Crippen molar-refractivity contribution in [3.63, 3.8) is 0 Å². The van der Waals surface area contributed by atoms with Gasteiger partial charge in [-0.15, -0.1) is 5.10 Å². The van der Waals surface area contributed by atoms with Crippen molar-refractivity contribution in [2.24, 2.45) is 0 Å². The fraction of sp³-hybridized carbons (Fsp3) is 0.100. The van der Waals surface area contributed by atoms with Gasteiger partial charge < -0.3 is 5.32 Å². The lowest BCUT2D eigenvalue weighted by Gasteiger charge is -2.03. The molecule has 7 nitrogen and oxygen atoms in total. The van der Waals surface area contributed by atoms with E-state index in [0.29, 0.717) is 0 Å². The molecule has 0 aliphatic carbocycles. The van der Waals surface area contributed by atoms with Crippen molar-refractivity contribution in [2.45, 2.75) is 0 Å². The monoisotopic (exact) mass is 230 g/mol. The minimum Gasteiger partial charge on any atom is -0.387 e. The highest BCUT2D eigenvalue weighted by Gasteiger charge is 2.08. The molecule has 2 aromatic heterocycles. The van der Waals surface area contributed by atoms with Crippen molar-refractivity contribution >= 4 is 17.5 Å². The van der Waals surface area contributed by atoms with Crippen molar-refractivity contribution in [3.8, 4) is 0 Å². The van der Waals surface area contributed by atoms with Gasteiger partial charge in [-0.25, -0.2) is 9.97 Å². The molecule has 2 rings (SSSR count). The third kappa shape index (κ3) is 2.71.